The summed E-state index contributed by atoms with van der Waals surface area (Å²) in [5.41, 5.74) is 1.20. The van der Waals surface area contributed by atoms with Gasteiger partial charge in [-0.05, 0) is 36.1 Å². The zero-order valence-corrected chi connectivity index (χ0v) is 10.3. The largest absolute Gasteiger partial charge is 0.496 e. The van der Waals surface area contributed by atoms with Gasteiger partial charge in [0.2, 0.25) is 0 Å². The van der Waals surface area contributed by atoms with E-state index in [4.69, 9.17) is 21.4 Å². The summed E-state index contributed by atoms with van der Waals surface area (Å²) < 4.78 is 5.17. The molecule has 1 aromatic rings. The first-order chi connectivity index (χ1) is 8.10. The molecule has 0 saturated carbocycles. The molecule has 17 heavy (non-hydrogen) atoms. The predicted molar refractivity (Wildman–Crippen MR) is 64.6 cm³/mol. The number of aryl methyl sites for hydroxylation is 1. The van der Waals surface area contributed by atoms with E-state index in [0.29, 0.717) is 23.6 Å². The van der Waals surface area contributed by atoms with Crippen molar-refractivity contribution in [2.45, 2.75) is 18.9 Å². The second-order valence-corrected chi connectivity index (χ2v) is 3.98. The predicted octanol–water partition coefficient (Wildman–Crippen LogP) is 1.98. The lowest BCUT2D eigenvalue weighted by molar-refractivity contribution is -0.146. The molecule has 94 valence electrons. The Hall–Kier alpha value is -1.26. The molecule has 0 radical (unpaired) electrons. The average Bonchev–Trinajstić information content (AvgIpc) is 2.34. The number of methoxy groups -OCH3 is 1. The lowest BCUT2D eigenvalue weighted by Gasteiger charge is -2.12. The van der Waals surface area contributed by atoms with Crippen molar-refractivity contribution in [1.82, 2.24) is 0 Å². The van der Waals surface area contributed by atoms with Crippen LogP contribution in [0.1, 0.15) is 23.7 Å². The third-order valence-electron chi connectivity index (χ3n) is 2.43. The Balaban J connectivity index is 2.99. The van der Waals surface area contributed by atoms with Gasteiger partial charge in [-0.15, -0.1) is 11.6 Å². The molecule has 1 rings (SSSR count). The van der Waals surface area contributed by atoms with E-state index >= 15 is 0 Å². The minimum atomic E-state index is -1.50. The van der Waals surface area contributed by atoms with Crippen molar-refractivity contribution < 1.29 is 19.7 Å². The number of benzene rings is 1. The fraction of sp³-hybridized carbons (Fsp3) is 0.417. The van der Waals surface area contributed by atoms with Crippen molar-refractivity contribution in [3.63, 3.8) is 0 Å². The van der Waals surface area contributed by atoms with Gasteiger partial charge in [-0.25, -0.2) is 4.79 Å². The zero-order valence-electron chi connectivity index (χ0n) is 9.52. The molecule has 0 bridgehead atoms. The number of alkyl halides is 1. The minimum Gasteiger partial charge on any atom is -0.496 e. The monoisotopic (exact) mass is 258 g/mol. The number of aliphatic hydroxyl groups excluding tert-OH is 1. The van der Waals surface area contributed by atoms with Gasteiger partial charge in [0.15, 0.2) is 6.10 Å². The van der Waals surface area contributed by atoms with Crippen LogP contribution < -0.4 is 4.74 Å². The zero-order chi connectivity index (χ0) is 12.8. The van der Waals surface area contributed by atoms with Crippen LogP contribution in [-0.2, 0) is 11.2 Å². The highest BCUT2D eigenvalue weighted by molar-refractivity contribution is 6.17. The Labute approximate surface area is 105 Å². The quantitative estimate of drug-likeness (QED) is 0.766. The maximum absolute atomic E-state index is 10.7. The summed E-state index contributed by atoms with van der Waals surface area (Å²) in [4.78, 5) is 10.7. The number of aliphatic carboxylic acids is 1. The second-order valence-electron chi connectivity index (χ2n) is 3.60. The van der Waals surface area contributed by atoms with Gasteiger partial charge in [0.25, 0.3) is 0 Å². The average molecular weight is 259 g/mol. The van der Waals surface area contributed by atoms with E-state index in [2.05, 4.69) is 0 Å². The maximum Gasteiger partial charge on any atom is 0.337 e. The number of halogens is 1. The van der Waals surface area contributed by atoms with E-state index in [9.17, 15) is 9.90 Å². The molecule has 0 heterocycles. The van der Waals surface area contributed by atoms with Crippen LogP contribution in [0, 0.1) is 0 Å². The first-order valence-corrected chi connectivity index (χ1v) is 5.77. The van der Waals surface area contributed by atoms with Gasteiger partial charge in [0.05, 0.1) is 7.11 Å². The van der Waals surface area contributed by atoms with Crippen molar-refractivity contribution in [3.05, 3.63) is 29.3 Å². The van der Waals surface area contributed by atoms with Crippen LogP contribution in [0.25, 0.3) is 0 Å². The van der Waals surface area contributed by atoms with Gasteiger partial charge in [-0.3, -0.25) is 0 Å². The molecular weight excluding hydrogens is 244 g/mol. The Morgan fingerprint density at radius 2 is 2.24 bits per heavy atom. The topological polar surface area (TPSA) is 66.8 Å². The van der Waals surface area contributed by atoms with E-state index in [1.807, 2.05) is 0 Å². The van der Waals surface area contributed by atoms with Crippen LogP contribution in [0.3, 0.4) is 0 Å². The first-order valence-electron chi connectivity index (χ1n) is 5.23. The summed E-state index contributed by atoms with van der Waals surface area (Å²) in [6.45, 7) is 0. The van der Waals surface area contributed by atoms with E-state index in [-0.39, 0.29) is 0 Å². The van der Waals surface area contributed by atoms with Crippen LogP contribution in [0.2, 0.25) is 0 Å². The molecule has 0 aliphatic heterocycles. The summed E-state index contributed by atoms with van der Waals surface area (Å²) in [6, 6.07) is 4.84. The highest BCUT2D eigenvalue weighted by Gasteiger charge is 2.17. The number of rotatable bonds is 6. The van der Waals surface area contributed by atoms with Crippen molar-refractivity contribution in [2.75, 3.05) is 13.0 Å². The van der Waals surface area contributed by atoms with Crippen LogP contribution in [0.15, 0.2) is 18.2 Å². The molecule has 1 unspecified atom stereocenters. The van der Waals surface area contributed by atoms with Gasteiger partial charge in [0.1, 0.15) is 5.75 Å². The third kappa shape index (κ3) is 3.61. The number of ether oxygens (including phenoxy) is 1. The van der Waals surface area contributed by atoms with E-state index in [1.165, 1.54) is 0 Å². The standard InChI is InChI=1S/C12H15ClO4/c1-17-10-5-4-9(11(14)12(15)16)7-8(10)3-2-6-13/h4-5,7,11,14H,2-3,6H2,1H3,(H,15,16). The lowest BCUT2D eigenvalue weighted by Crippen LogP contribution is -2.11. The van der Waals surface area contributed by atoms with Crippen molar-refractivity contribution in [3.8, 4) is 5.75 Å². The fourth-order valence-electron chi connectivity index (χ4n) is 1.56. The number of hydrogen-bond donors (Lipinski definition) is 2. The molecule has 5 heteroatoms. The number of carbonyl (C=O) groups is 1. The van der Waals surface area contributed by atoms with E-state index in [0.717, 1.165) is 12.0 Å². The molecule has 0 aliphatic carbocycles. The third-order valence-corrected chi connectivity index (χ3v) is 2.70. The van der Waals surface area contributed by atoms with Gasteiger partial charge in [0, 0.05) is 5.88 Å². The molecule has 0 saturated heterocycles. The molecular formula is C12H15ClO4. The van der Waals surface area contributed by atoms with Crippen LogP contribution in [0.5, 0.6) is 5.75 Å². The van der Waals surface area contributed by atoms with E-state index < -0.39 is 12.1 Å². The molecule has 2 N–H and O–H groups in total. The summed E-state index contributed by atoms with van der Waals surface area (Å²) in [5, 5.41) is 18.2. The van der Waals surface area contributed by atoms with Crippen LogP contribution in [-0.4, -0.2) is 29.2 Å². The molecule has 0 spiro atoms. The lowest BCUT2D eigenvalue weighted by atomic mass is 10.0. The first kappa shape index (κ1) is 13.8. The molecule has 0 amide bonds. The fourth-order valence-corrected chi connectivity index (χ4v) is 1.70. The molecule has 0 fully saturated rings. The minimum absolute atomic E-state index is 0.350. The Kier molecular flexibility index (Phi) is 5.25. The summed E-state index contributed by atoms with van der Waals surface area (Å²) in [6.07, 6.45) is -0.0483. The SMILES string of the molecule is COc1ccc(C(O)C(=O)O)cc1CCCCl. The number of carboxylic acid groups (broad SMARTS) is 1. The second kappa shape index (κ2) is 6.47. The molecule has 0 aromatic heterocycles. The Morgan fingerprint density at radius 3 is 2.76 bits per heavy atom. The summed E-state index contributed by atoms with van der Waals surface area (Å²) in [5.74, 6) is -0.0654. The molecule has 1 atom stereocenters. The summed E-state index contributed by atoms with van der Waals surface area (Å²) >= 11 is 5.62. The van der Waals surface area contributed by atoms with Crippen molar-refractivity contribution in [2.24, 2.45) is 0 Å². The number of hydrogen-bond acceptors (Lipinski definition) is 3. The van der Waals surface area contributed by atoms with Gasteiger partial charge >= 0.3 is 5.97 Å². The molecule has 4 nitrogen and oxygen atoms in total. The molecule has 1 aromatic carbocycles. The van der Waals surface area contributed by atoms with Gasteiger partial charge < -0.3 is 14.9 Å². The smallest absolute Gasteiger partial charge is 0.337 e. The Morgan fingerprint density at radius 1 is 1.53 bits per heavy atom. The van der Waals surface area contributed by atoms with Gasteiger partial charge in [-0.2, -0.15) is 0 Å². The number of aliphatic hydroxyl groups is 1. The summed E-state index contributed by atoms with van der Waals surface area (Å²) in [7, 11) is 1.55. The van der Waals surface area contributed by atoms with Crippen LogP contribution >= 0.6 is 11.6 Å². The van der Waals surface area contributed by atoms with Crippen molar-refractivity contribution in [1.29, 1.82) is 0 Å². The van der Waals surface area contributed by atoms with Crippen LogP contribution in [0.4, 0.5) is 0 Å². The normalized spacial score (nSPS) is 12.2. The number of carboxylic acids is 1. The van der Waals surface area contributed by atoms with Gasteiger partial charge in [-0.1, -0.05) is 6.07 Å². The maximum atomic E-state index is 10.7. The Bertz CT molecular complexity index is 392. The highest BCUT2D eigenvalue weighted by Crippen LogP contribution is 2.24. The molecule has 0 aliphatic rings. The van der Waals surface area contributed by atoms with Crippen molar-refractivity contribution >= 4 is 17.6 Å². The van der Waals surface area contributed by atoms with E-state index in [1.54, 1.807) is 25.3 Å². The highest BCUT2D eigenvalue weighted by atomic mass is 35.5.